The summed E-state index contributed by atoms with van der Waals surface area (Å²) in [6.45, 7) is 2.23. The molecule has 0 bridgehead atoms. The summed E-state index contributed by atoms with van der Waals surface area (Å²) < 4.78 is 0. The lowest BCUT2D eigenvalue weighted by atomic mass is 9.88. The van der Waals surface area contributed by atoms with Crippen molar-refractivity contribution < 1.29 is 0 Å². The first-order valence-electron chi connectivity index (χ1n) is 9.84. The number of allylic oxidation sites excluding steroid dienone is 1. The molecule has 4 aromatic carbocycles. The van der Waals surface area contributed by atoms with Crippen molar-refractivity contribution in [3.63, 3.8) is 0 Å². The number of hydrogen-bond acceptors (Lipinski definition) is 0. The van der Waals surface area contributed by atoms with Crippen molar-refractivity contribution in [2.75, 3.05) is 0 Å². The summed E-state index contributed by atoms with van der Waals surface area (Å²) in [6, 6.07) is 34.8. The molecule has 134 valence electrons. The molecule has 0 atom stereocenters. The van der Waals surface area contributed by atoms with Crippen molar-refractivity contribution in [2.45, 2.75) is 13.3 Å². The van der Waals surface area contributed by atoms with E-state index in [2.05, 4.69) is 110 Å². The lowest BCUT2D eigenvalue weighted by Crippen LogP contribution is -1.93. The van der Waals surface area contributed by atoms with Crippen molar-refractivity contribution in [3.05, 3.63) is 119 Å². The molecule has 1 aliphatic rings. The van der Waals surface area contributed by atoms with Crippen LogP contribution in [0.2, 0.25) is 0 Å². The Morgan fingerprint density at radius 2 is 1.18 bits per heavy atom. The number of rotatable bonds is 3. The third-order valence-electron chi connectivity index (χ3n) is 5.67. The van der Waals surface area contributed by atoms with E-state index in [9.17, 15) is 0 Å². The Kier molecular flexibility index (Phi) is 4.18. The lowest BCUT2D eigenvalue weighted by Gasteiger charge is -2.16. The normalized spacial score (nSPS) is 12.5. The fraction of sp³-hybridized carbons (Fsp3) is 0.0714. The fourth-order valence-electron chi connectivity index (χ4n) is 4.29. The van der Waals surface area contributed by atoms with E-state index in [1.807, 2.05) is 0 Å². The van der Waals surface area contributed by atoms with Gasteiger partial charge in [0.15, 0.2) is 0 Å². The Bertz CT molecular complexity index is 1170. The Hall–Kier alpha value is -3.38. The van der Waals surface area contributed by atoms with Crippen molar-refractivity contribution in [1.82, 2.24) is 0 Å². The van der Waals surface area contributed by atoms with Gasteiger partial charge in [-0.05, 0) is 69.5 Å². The first-order valence-corrected chi connectivity index (χ1v) is 9.84. The molecule has 0 heterocycles. The second kappa shape index (κ2) is 6.98. The summed E-state index contributed by atoms with van der Waals surface area (Å²) in [5, 5.41) is 0. The Morgan fingerprint density at radius 3 is 1.89 bits per heavy atom. The van der Waals surface area contributed by atoms with Crippen molar-refractivity contribution in [3.8, 4) is 22.3 Å². The summed E-state index contributed by atoms with van der Waals surface area (Å²) in [7, 11) is 0. The van der Waals surface area contributed by atoms with E-state index >= 15 is 0 Å². The van der Waals surface area contributed by atoms with E-state index in [1.54, 1.807) is 0 Å². The zero-order valence-corrected chi connectivity index (χ0v) is 16.0. The van der Waals surface area contributed by atoms with Crippen LogP contribution in [0.4, 0.5) is 0 Å². The van der Waals surface area contributed by atoms with Gasteiger partial charge in [-0.25, -0.2) is 0 Å². The van der Waals surface area contributed by atoms with E-state index in [1.165, 1.54) is 50.1 Å². The van der Waals surface area contributed by atoms with Crippen LogP contribution in [0.5, 0.6) is 0 Å². The molecule has 0 spiro atoms. The summed E-state index contributed by atoms with van der Waals surface area (Å²) in [6.07, 6.45) is 3.40. The van der Waals surface area contributed by atoms with Gasteiger partial charge in [0.25, 0.3) is 0 Å². The summed E-state index contributed by atoms with van der Waals surface area (Å²) in [5.41, 5.74) is 12.1. The molecule has 28 heavy (non-hydrogen) atoms. The van der Waals surface area contributed by atoms with Gasteiger partial charge in [-0.15, -0.1) is 0 Å². The molecule has 0 nitrogen and oxygen atoms in total. The maximum Gasteiger partial charge on any atom is -0.00134 e. The molecule has 0 heteroatoms. The van der Waals surface area contributed by atoms with Gasteiger partial charge in [0, 0.05) is 0 Å². The minimum Gasteiger partial charge on any atom is -0.0622 e. The minimum atomic E-state index is 1.00. The van der Waals surface area contributed by atoms with Crippen molar-refractivity contribution in [1.29, 1.82) is 0 Å². The van der Waals surface area contributed by atoms with Crippen LogP contribution in [0.1, 0.15) is 22.3 Å². The molecule has 5 rings (SSSR count). The maximum absolute atomic E-state index is 2.40. The number of hydrogen-bond donors (Lipinski definition) is 0. The lowest BCUT2D eigenvalue weighted by molar-refractivity contribution is 1.30. The van der Waals surface area contributed by atoms with Gasteiger partial charge >= 0.3 is 0 Å². The third-order valence-corrected chi connectivity index (χ3v) is 5.67. The maximum atomic E-state index is 2.40. The van der Waals surface area contributed by atoms with E-state index in [0.29, 0.717) is 0 Å². The number of aryl methyl sites for hydroxylation is 1. The van der Waals surface area contributed by atoms with Crippen LogP contribution in [0, 0.1) is 6.92 Å². The number of fused-ring (bicyclic) bond motifs is 1. The zero-order valence-electron chi connectivity index (χ0n) is 16.0. The van der Waals surface area contributed by atoms with Crippen molar-refractivity contribution in [2.24, 2.45) is 0 Å². The van der Waals surface area contributed by atoms with E-state index < -0.39 is 0 Å². The Morgan fingerprint density at radius 1 is 0.571 bits per heavy atom. The molecular weight excluding hydrogens is 336 g/mol. The summed E-state index contributed by atoms with van der Waals surface area (Å²) >= 11 is 0. The van der Waals surface area contributed by atoms with Crippen molar-refractivity contribution >= 4 is 11.6 Å². The number of benzene rings is 4. The average Bonchev–Trinajstić information content (AvgIpc) is 3.19. The average molecular weight is 358 g/mol. The molecule has 0 fully saturated rings. The molecule has 0 aliphatic heterocycles. The highest BCUT2D eigenvalue weighted by Gasteiger charge is 2.20. The molecule has 0 aromatic heterocycles. The summed E-state index contributed by atoms with van der Waals surface area (Å²) in [4.78, 5) is 0. The third kappa shape index (κ3) is 2.88. The molecule has 0 unspecified atom stereocenters. The van der Waals surface area contributed by atoms with E-state index in [0.717, 1.165) is 6.42 Å². The standard InChI is InChI=1S/C28H22/c1-20-16-17-23-18-24(21-10-4-2-5-11-21)19-27(23)28(20)26-15-9-8-14-25(26)22-12-6-3-7-13-22/h2-17,19H,18H2,1H3. The van der Waals surface area contributed by atoms with Crippen LogP contribution < -0.4 is 0 Å². The Balaban J connectivity index is 1.71. The second-order valence-electron chi connectivity index (χ2n) is 7.45. The van der Waals surface area contributed by atoms with Gasteiger partial charge in [0.2, 0.25) is 0 Å². The highest BCUT2D eigenvalue weighted by molar-refractivity contribution is 5.97. The zero-order chi connectivity index (χ0) is 18.9. The first kappa shape index (κ1) is 16.8. The van der Waals surface area contributed by atoms with E-state index in [4.69, 9.17) is 0 Å². The molecule has 0 radical (unpaired) electrons. The predicted octanol–water partition coefficient (Wildman–Crippen LogP) is 7.43. The molecule has 4 aromatic rings. The molecular formula is C28H22. The molecule has 0 amide bonds. The van der Waals surface area contributed by atoms with Gasteiger partial charge in [0.05, 0.1) is 0 Å². The topological polar surface area (TPSA) is 0 Å². The largest absolute Gasteiger partial charge is 0.0622 e. The van der Waals surface area contributed by atoms with Crippen LogP contribution in [-0.4, -0.2) is 0 Å². The second-order valence-corrected chi connectivity index (χ2v) is 7.45. The van der Waals surface area contributed by atoms with Gasteiger partial charge in [-0.2, -0.15) is 0 Å². The molecule has 0 N–H and O–H groups in total. The monoisotopic (exact) mass is 358 g/mol. The van der Waals surface area contributed by atoms with Gasteiger partial charge in [-0.3, -0.25) is 0 Å². The van der Waals surface area contributed by atoms with Crippen LogP contribution in [-0.2, 0) is 6.42 Å². The fourth-order valence-corrected chi connectivity index (χ4v) is 4.29. The highest BCUT2D eigenvalue weighted by Crippen LogP contribution is 2.42. The summed E-state index contributed by atoms with van der Waals surface area (Å²) in [5.74, 6) is 0. The van der Waals surface area contributed by atoms with Crippen LogP contribution >= 0.6 is 0 Å². The quantitative estimate of drug-likeness (QED) is 0.357. The smallest absolute Gasteiger partial charge is 0.00134 e. The molecule has 0 saturated heterocycles. The SMILES string of the molecule is Cc1ccc2c(c1-c1ccccc1-c1ccccc1)C=C(c1ccccc1)C2. The molecule has 1 aliphatic carbocycles. The van der Waals surface area contributed by atoms with Gasteiger partial charge in [-0.1, -0.05) is 97.1 Å². The van der Waals surface area contributed by atoms with Crippen LogP contribution in [0.3, 0.4) is 0 Å². The van der Waals surface area contributed by atoms with Crippen LogP contribution in [0.15, 0.2) is 97.1 Å². The first-order chi connectivity index (χ1) is 13.8. The van der Waals surface area contributed by atoms with E-state index in [-0.39, 0.29) is 0 Å². The van der Waals surface area contributed by atoms with Gasteiger partial charge < -0.3 is 0 Å². The molecule has 0 saturated carbocycles. The predicted molar refractivity (Wildman–Crippen MR) is 120 cm³/mol. The van der Waals surface area contributed by atoms with Gasteiger partial charge in [0.1, 0.15) is 0 Å². The highest BCUT2D eigenvalue weighted by atomic mass is 14.2. The Labute approximate surface area is 166 Å². The van der Waals surface area contributed by atoms with Crippen LogP contribution in [0.25, 0.3) is 33.9 Å². The minimum absolute atomic E-state index is 1.00.